The third-order valence-electron chi connectivity index (χ3n) is 4.63. The number of benzene rings is 2. The van der Waals surface area contributed by atoms with E-state index in [-0.39, 0.29) is 17.7 Å². The number of nitrogens with zero attached hydrogens (tertiary/aromatic N) is 1. The van der Waals surface area contributed by atoms with E-state index in [4.69, 9.17) is 0 Å². The van der Waals surface area contributed by atoms with Crippen molar-refractivity contribution >= 4 is 21.6 Å². The Kier molecular flexibility index (Phi) is 6.13. The second kappa shape index (κ2) is 8.54. The molecule has 1 aliphatic rings. The van der Waals surface area contributed by atoms with E-state index in [1.54, 1.807) is 31.2 Å². The SMILES string of the molecule is CCS(=O)(=O)Nc1cccc(C(=O)N[C@H]2CCN(Cc3ccccc3)C2)c1. The van der Waals surface area contributed by atoms with Crippen molar-refractivity contribution in [3.05, 3.63) is 65.7 Å². The Balaban J connectivity index is 1.56. The van der Waals surface area contributed by atoms with Crippen molar-refractivity contribution in [2.24, 2.45) is 0 Å². The van der Waals surface area contributed by atoms with Crippen molar-refractivity contribution in [3.63, 3.8) is 0 Å². The first-order chi connectivity index (χ1) is 12.9. The summed E-state index contributed by atoms with van der Waals surface area (Å²) >= 11 is 0. The topological polar surface area (TPSA) is 78.5 Å². The van der Waals surface area contributed by atoms with Crippen LogP contribution in [-0.2, 0) is 16.6 Å². The van der Waals surface area contributed by atoms with Gasteiger partial charge in [-0.15, -0.1) is 0 Å². The standard InChI is InChI=1S/C20H25N3O3S/c1-2-27(25,26)22-18-10-6-9-17(13-18)20(24)21-19-11-12-23(15-19)14-16-7-4-3-5-8-16/h3-10,13,19,22H,2,11-12,14-15H2,1H3,(H,21,24)/t19-/m0/s1. The van der Waals surface area contributed by atoms with Gasteiger partial charge in [-0.3, -0.25) is 14.4 Å². The van der Waals surface area contributed by atoms with E-state index in [0.717, 1.165) is 26.1 Å². The minimum absolute atomic E-state index is 0.0112. The monoisotopic (exact) mass is 387 g/mol. The molecule has 0 aliphatic carbocycles. The van der Waals surface area contributed by atoms with Crippen molar-refractivity contribution < 1.29 is 13.2 Å². The lowest BCUT2D eigenvalue weighted by atomic mass is 10.1. The van der Waals surface area contributed by atoms with Gasteiger partial charge in [0.1, 0.15) is 0 Å². The van der Waals surface area contributed by atoms with E-state index in [2.05, 4.69) is 27.1 Å². The molecule has 0 unspecified atom stereocenters. The number of amides is 1. The number of carbonyl (C=O) groups is 1. The van der Waals surface area contributed by atoms with Crippen molar-refractivity contribution in [3.8, 4) is 0 Å². The van der Waals surface area contributed by atoms with Crippen LogP contribution < -0.4 is 10.0 Å². The highest BCUT2D eigenvalue weighted by Gasteiger charge is 2.24. The summed E-state index contributed by atoms with van der Waals surface area (Å²) in [6.45, 7) is 4.20. The molecule has 144 valence electrons. The zero-order chi connectivity index (χ0) is 19.3. The Bertz CT molecular complexity index is 884. The minimum atomic E-state index is -3.36. The zero-order valence-corrected chi connectivity index (χ0v) is 16.2. The summed E-state index contributed by atoms with van der Waals surface area (Å²) in [4.78, 5) is 14.9. The Morgan fingerprint density at radius 1 is 1.15 bits per heavy atom. The maximum absolute atomic E-state index is 12.5. The summed E-state index contributed by atoms with van der Waals surface area (Å²) in [7, 11) is -3.36. The molecule has 0 bridgehead atoms. The predicted molar refractivity (Wildman–Crippen MR) is 107 cm³/mol. The van der Waals surface area contributed by atoms with Crippen LogP contribution in [0.25, 0.3) is 0 Å². The van der Waals surface area contributed by atoms with E-state index >= 15 is 0 Å². The number of nitrogens with one attached hydrogen (secondary N) is 2. The highest BCUT2D eigenvalue weighted by atomic mass is 32.2. The number of hydrogen-bond acceptors (Lipinski definition) is 4. The first-order valence-corrected chi connectivity index (χ1v) is 10.8. The van der Waals surface area contributed by atoms with Gasteiger partial charge in [-0.05, 0) is 37.1 Å². The van der Waals surface area contributed by atoms with Gasteiger partial charge in [-0.25, -0.2) is 8.42 Å². The second-order valence-corrected chi connectivity index (χ2v) is 8.78. The summed E-state index contributed by atoms with van der Waals surface area (Å²) < 4.78 is 25.9. The number of rotatable bonds is 7. The lowest BCUT2D eigenvalue weighted by Crippen LogP contribution is -2.37. The van der Waals surface area contributed by atoms with E-state index in [0.29, 0.717) is 11.3 Å². The molecule has 1 saturated heterocycles. The number of likely N-dealkylation sites (tertiary alicyclic amines) is 1. The van der Waals surface area contributed by atoms with Crippen LogP contribution >= 0.6 is 0 Å². The Morgan fingerprint density at radius 3 is 2.67 bits per heavy atom. The maximum atomic E-state index is 12.5. The quantitative estimate of drug-likeness (QED) is 0.765. The molecule has 6 nitrogen and oxygen atoms in total. The fourth-order valence-electron chi connectivity index (χ4n) is 3.18. The summed E-state index contributed by atoms with van der Waals surface area (Å²) in [5.74, 6) is -0.193. The first kappa shape index (κ1) is 19.4. The number of sulfonamides is 1. The fraction of sp³-hybridized carbons (Fsp3) is 0.350. The van der Waals surface area contributed by atoms with Gasteiger partial charge < -0.3 is 5.32 Å². The lowest BCUT2D eigenvalue weighted by Gasteiger charge is -2.17. The van der Waals surface area contributed by atoms with Crippen molar-refractivity contribution in [1.82, 2.24) is 10.2 Å². The Morgan fingerprint density at radius 2 is 1.93 bits per heavy atom. The average molecular weight is 388 g/mol. The molecule has 1 aliphatic heterocycles. The maximum Gasteiger partial charge on any atom is 0.251 e. The van der Waals surface area contributed by atoms with Gasteiger partial charge in [0.2, 0.25) is 10.0 Å². The molecule has 27 heavy (non-hydrogen) atoms. The molecule has 2 aromatic rings. The molecule has 0 spiro atoms. The molecule has 0 saturated carbocycles. The van der Waals surface area contributed by atoms with Crippen LogP contribution in [0.1, 0.15) is 29.3 Å². The van der Waals surface area contributed by atoms with E-state index in [9.17, 15) is 13.2 Å². The summed E-state index contributed by atoms with van der Waals surface area (Å²) in [5.41, 5.74) is 2.12. The Hall–Kier alpha value is -2.38. The lowest BCUT2D eigenvalue weighted by molar-refractivity contribution is 0.0937. The van der Waals surface area contributed by atoms with Gasteiger partial charge >= 0.3 is 0 Å². The minimum Gasteiger partial charge on any atom is -0.348 e. The molecule has 1 amide bonds. The van der Waals surface area contributed by atoms with Gasteiger partial charge in [-0.1, -0.05) is 36.4 Å². The number of carbonyl (C=O) groups excluding carboxylic acids is 1. The number of anilines is 1. The van der Waals surface area contributed by atoms with Gasteiger partial charge in [-0.2, -0.15) is 0 Å². The van der Waals surface area contributed by atoms with Crippen LogP contribution in [-0.4, -0.2) is 44.1 Å². The highest BCUT2D eigenvalue weighted by Crippen LogP contribution is 2.16. The smallest absolute Gasteiger partial charge is 0.251 e. The van der Waals surface area contributed by atoms with Crippen molar-refractivity contribution in [2.75, 3.05) is 23.6 Å². The van der Waals surface area contributed by atoms with E-state index < -0.39 is 10.0 Å². The highest BCUT2D eigenvalue weighted by molar-refractivity contribution is 7.92. The summed E-state index contributed by atoms with van der Waals surface area (Å²) in [6, 6.07) is 17.0. The molecular weight excluding hydrogens is 362 g/mol. The molecule has 2 aromatic carbocycles. The average Bonchev–Trinajstić information content (AvgIpc) is 3.09. The van der Waals surface area contributed by atoms with Gasteiger partial charge in [0.25, 0.3) is 5.91 Å². The molecule has 0 radical (unpaired) electrons. The van der Waals surface area contributed by atoms with Crippen LogP contribution in [0.15, 0.2) is 54.6 Å². The van der Waals surface area contributed by atoms with Gasteiger partial charge in [0.15, 0.2) is 0 Å². The molecule has 3 rings (SSSR count). The van der Waals surface area contributed by atoms with Crippen LogP contribution in [0.2, 0.25) is 0 Å². The van der Waals surface area contributed by atoms with E-state index in [1.807, 2.05) is 18.2 Å². The molecular formula is C20H25N3O3S. The van der Waals surface area contributed by atoms with Crippen LogP contribution in [0.5, 0.6) is 0 Å². The summed E-state index contributed by atoms with van der Waals surface area (Å²) in [6.07, 6.45) is 0.904. The summed E-state index contributed by atoms with van der Waals surface area (Å²) in [5, 5.41) is 3.06. The van der Waals surface area contributed by atoms with Gasteiger partial charge in [0, 0.05) is 36.9 Å². The Labute approximate surface area is 160 Å². The predicted octanol–water partition coefficient (Wildman–Crippen LogP) is 2.45. The first-order valence-electron chi connectivity index (χ1n) is 9.13. The molecule has 2 N–H and O–H groups in total. The zero-order valence-electron chi connectivity index (χ0n) is 15.4. The molecule has 1 atom stereocenters. The molecule has 1 heterocycles. The van der Waals surface area contributed by atoms with E-state index in [1.165, 1.54) is 5.56 Å². The fourth-order valence-corrected chi connectivity index (χ4v) is 3.81. The normalized spacial score (nSPS) is 17.6. The molecule has 0 aromatic heterocycles. The molecule has 1 fully saturated rings. The third-order valence-corrected chi connectivity index (χ3v) is 5.94. The van der Waals surface area contributed by atoms with Crippen molar-refractivity contribution in [2.45, 2.75) is 25.9 Å². The van der Waals surface area contributed by atoms with Crippen LogP contribution in [0.4, 0.5) is 5.69 Å². The number of hydrogen-bond donors (Lipinski definition) is 2. The largest absolute Gasteiger partial charge is 0.348 e. The van der Waals surface area contributed by atoms with Crippen LogP contribution in [0, 0.1) is 0 Å². The van der Waals surface area contributed by atoms with Gasteiger partial charge in [0.05, 0.1) is 5.75 Å². The van der Waals surface area contributed by atoms with Crippen molar-refractivity contribution in [1.29, 1.82) is 0 Å². The molecule has 7 heteroatoms. The van der Waals surface area contributed by atoms with Crippen LogP contribution in [0.3, 0.4) is 0 Å². The third kappa shape index (κ3) is 5.55. The second-order valence-electron chi connectivity index (χ2n) is 6.77.